The molecule has 1 aromatic carbocycles. The van der Waals surface area contributed by atoms with Crippen LogP contribution in [0.25, 0.3) is 0 Å². The third kappa shape index (κ3) is 4.31. The number of rotatable bonds is 5. The van der Waals surface area contributed by atoms with Crippen LogP contribution in [-0.2, 0) is 9.53 Å². The third-order valence-corrected chi connectivity index (χ3v) is 2.29. The van der Waals surface area contributed by atoms with E-state index in [1.807, 2.05) is 26.0 Å². The number of esters is 1. The molecule has 0 unspecified atom stereocenters. The summed E-state index contributed by atoms with van der Waals surface area (Å²) in [5.74, 6) is -0.343. The second-order valence-electron chi connectivity index (χ2n) is 4.05. The fourth-order valence-electron chi connectivity index (χ4n) is 1.59. The zero-order chi connectivity index (χ0) is 12.8. The van der Waals surface area contributed by atoms with E-state index in [-0.39, 0.29) is 5.97 Å². The molecule has 0 aromatic heterocycles. The van der Waals surface area contributed by atoms with E-state index in [1.165, 1.54) is 11.1 Å². The molecule has 0 fully saturated rings. The molecule has 3 heteroatoms. The summed E-state index contributed by atoms with van der Waals surface area (Å²) in [5, 5.41) is 3.17. The molecular formula is C14H19NO2. The van der Waals surface area contributed by atoms with Gasteiger partial charge in [0.2, 0.25) is 0 Å². The molecule has 17 heavy (non-hydrogen) atoms. The highest BCUT2D eigenvalue weighted by Gasteiger charge is 2.07. The van der Waals surface area contributed by atoms with Crippen LogP contribution in [0.5, 0.6) is 0 Å². The fourth-order valence-corrected chi connectivity index (χ4v) is 1.59. The highest BCUT2D eigenvalue weighted by molar-refractivity contribution is 5.88. The smallest absolute Gasteiger partial charge is 0.335 e. The van der Waals surface area contributed by atoms with Crippen molar-refractivity contribution in [1.29, 1.82) is 0 Å². The summed E-state index contributed by atoms with van der Waals surface area (Å²) in [6.07, 6.45) is 0. The lowest BCUT2D eigenvalue weighted by atomic mass is 10.1. The topological polar surface area (TPSA) is 38.3 Å². The van der Waals surface area contributed by atoms with Gasteiger partial charge in [-0.25, -0.2) is 4.79 Å². The molecule has 0 aliphatic rings. The van der Waals surface area contributed by atoms with E-state index in [1.54, 1.807) is 6.92 Å². The van der Waals surface area contributed by atoms with Crippen molar-refractivity contribution in [2.45, 2.75) is 20.8 Å². The van der Waals surface area contributed by atoms with E-state index < -0.39 is 0 Å². The highest BCUT2D eigenvalue weighted by atomic mass is 16.5. The molecule has 0 spiro atoms. The summed E-state index contributed by atoms with van der Waals surface area (Å²) in [6, 6.07) is 6.17. The van der Waals surface area contributed by atoms with Crippen LogP contribution in [0.3, 0.4) is 0 Å². The van der Waals surface area contributed by atoms with Crippen molar-refractivity contribution in [3.63, 3.8) is 0 Å². The lowest BCUT2D eigenvalue weighted by Gasteiger charge is -2.10. The molecule has 0 aliphatic heterocycles. The maximum Gasteiger partial charge on any atom is 0.335 e. The minimum atomic E-state index is -0.343. The summed E-state index contributed by atoms with van der Waals surface area (Å²) < 4.78 is 4.86. The van der Waals surface area contributed by atoms with Gasteiger partial charge in [-0.3, -0.25) is 0 Å². The summed E-state index contributed by atoms with van der Waals surface area (Å²) in [6.45, 7) is 10.3. The van der Waals surface area contributed by atoms with E-state index >= 15 is 0 Å². The molecule has 0 radical (unpaired) electrons. The van der Waals surface area contributed by atoms with E-state index in [9.17, 15) is 4.79 Å². The van der Waals surface area contributed by atoms with Gasteiger partial charge in [0, 0.05) is 17.8 Å². The zero-order valence-electron chi connectivity index (χ0n) is 10.7. The Labute approximate surface area is 102 Å². The number of ether oxygens (including phenoxy) is 1. The second-order valence-corrected chi connectivity index (χ2v) is 4.05. The minimum Gasteiger partial charge on any atom is -0.463 e. The van der Waals surface area contributed by atoms with Crippen molar-refractivity contribution in [2.75, 3.05) is 18.5 Å². The normalized spacial score (nSPS) is 9.82. The molecule has 92 valence electrons. The van der Waals surface area contributed by atoms with Crippen molar-refractivity contribution in [3.8, 4) is 0 Å². The molecule has 0 saturated carbocycles. The molecule has 0 aliphatic carbocycles. The molecule has 0 atom stereocenters. The van der Waals surface area contributed by atoms with Gasteiger partial charge in [0.1, 0.15) is 0 Å². The van der Waals surface area contributed by atoms with Crippen molar-refractivity contribution < 1.29 is 9.53 Å². The number of nitrogens with one attached hydrogen (secondary N) is 1. The number of hydrogen-bond acceptors (Lipinski definition) is 3. The number of benzene rings is 1. The van der Waals surface area contributed by atoms with Gasteiger partial charge in [0.25, 0.3) is 0 Å². The number of aryl methyl sites for hydroxylation is 2. The Morgan fingerprint density at radius 1 is 1.29 bits per heavy atom. The van der Waals surface area contributed by atoms with Gasteiger partial charge < -0.3 is 10.1 Å². The molecule has 0 heterocycles. The lowest BCUT2D eigenvalue weighted by molar-refractivity contribution is -0.138. The Morgan fingerprint density at radius 3 is 2.41 bits per heavy atom. The number of anilines is 1. The number of carbonyl (C=O) groups is 1. The van der Waals surface area contributed by atoms with E-state index in [0.717, 1.165) is 5.69 Å². The number of hydrogen-bond donors (Lipinski definition) is 1. The van der Waals surface area contributed by atoms with Gasteiger partial charge in [-0.1, -0.05) is 12.6 Å². The van der Waals surface area contributed by atoms with Gasteiger partial charge in [-0.2, -0.15) is 0 Å². The Morgan fingerprint density at radius 2 is 1.88 bits per heavy atom. The molecular weight excluding hydrogens is 214 g/mol. The summed E-state index contributed by atoms with van der Waals surface area (Å²) >= 11 is 0. The number of carbonyl (C=O) groups excluding carboxylic acids is 1. The first-order valence-electron chi connectivity index (χ1n) is 5.70. The van der Waals surface area contributed by atoms with Gasteiger partial charge in [-0.15, -0.1) is 0 Å². The van der Waals surface area contributed by atoms with Crippen LogP contribution < -0.4 is 5.32 Å². The maximum atomic E-state index is 11.3. The van der Waals surface area contributed by atoms with E-state index in [0.29, 0.717) is 18.7 Å². The zero-order valence-corrected chi connectivity index (χ0v) is 10.7. The van der Waals surface area contributed by atoms with Crippen LogP contribution in [0.1, 0.15) is 18.1 Å². The van der Waals surface area contributed by atoms with Crippen LogP contribution in [0.15, 0.2) is 30.4 Å². The SMILES string of the molecule is C=C(CNc1cc(C)cc(C)c1)C(=O)OCC. The van der Waals surface area contributed by atoms with Gasteiger partial charge in [-0.05, 0) is 44.0 Å². The largest absolute Gasteiger partial charge is 0.463 e. The molecule has 0 bridgehead atoms. The standard InChI is InChI=1S/C14H19NO2/c1-5-17-14(16)12(4)9-15-13-7-10(2)6-11(3)8-13/h6-8,15H,4-5,9H2,1-3H3. The molecule has 0 saturated heterocycles. The van der Waals surface area contributed by atoms with Gasteiger partial charge in [0.15, 0.2) is 0 Å². The lowest BCUT2D eigenvalue weighted by Crippen LogP contribution is -2.14. The highest BCUT2D eigenvalue weighted by Crippen LogP contribution is 2.14. The average Bonchev–Trinajstić information content (AvgIpc) is 2.25. The Hall–Kier alpha value is -1.77. The summed E-state index contributed by atoms with van der Waals surface area (Å²) in [4.78, 5) is 11.3. The first-order valence-corrected chi connectivity index (χ1v) is 5.70. The van der Waals surface area contributed by atoms with E-state index in [2.05, 4.69) is 18.0 Å². The fraction of sp³-hybridized carbons (Fsp3) is 0.357. The van der Waals surface area contributed by atoms with E-state index in [4.69, 9.17) is 4.74 Å². The summed E-state index contributed by atoms with van der Waals surface area (Å²) in [7, 11) is 0. The first-order chi connectivity index (χ1) is 8.02. The Balaban J connectivity index is 2.55. The molecule has 0 amide bonds. The minimum absolute atomic E-state index is 0.343. The molecule has 1 N–H and O–H groups in total. The van der Waals surface area contributed by atoms with Crippen molar-refractivity contribution in [1.82, 2.24) is 0 Å². The second kappa shape index (κ2) is 6.09. The predicted molar refractivity (Wildman–Crippen MR) is 70.2 cm³/mol. The Bertz CT molecular complexity index is 404. The average molecular weight is 233 g/mol. The van der Waals surface area contributed by atoms with Crippen molar-refractivity contribution >= 4 is 11.7 Å². The predicted octanol–water partition coefficient (Wildman–Crippen LogP) is 2.83. The van der Waals surface area contributed by atoms with Crippen LogP contribution in [-0.4, -0.2) is 19.1 Å². The van der Waals surface area contributed by atoms with Crippen LogP contribution in [0, 0.1) is 13.8 Å². The van der Waals surface area contributed by atoms with Gasteiger partial charge >= 0.3 is 5.97 Å². The molecule has 3 nitrogen and oxygen atoms in total. The monoisotopic (exact) mass is 233 g/mol. The van der Waals surface area contributed by atoms with Crippen LogP contribution in [0.4, 0.5) is 5.69 Å². The quantitative estimate of drug-likeness (QED) is 0.627. The molecule has 1 rings (SSSR count). The summed E-state index contributed by atoms with van der Waals surface area (Å²) in [5.41, 5.74) is 3.81. The maximum absolute atomic E-state index is 11.3. The van der Waals surface area contributed by atoms with Crippen LogP contribution >= 0.6 is 0 Å². The first kappa shape index (κ1) is 13.3. The van der Waals surface area contributed by atoms with Gasteiger partial charge in [0.05, 0.1) is 6.61 Å². The van der Waals surface area contributed by atoms with Crippen molar-refractivity contribution in [2.24, 2.45) is 0 Å². The van der Waals surface area contributed by atoms with Crippen molar-refractivity contribution in [3.05, 3.63) is 41.5 Å². The third-order valence-electron chi connectivity index (χ3n) is 2.29. The molecule has 1 aromatic rings. The van der Waals surface area contributed by atoms with Crippen LogP contribution in [0.2, 0.25) is 0 Å². The Kier molecular flexibility index (Phi) is 4.76.